The molecule has 2 aromatic carbocycles. The van der Waals surface area contributed by atoms with Crippen molar-refractivity contribution < 1.29 is 18.3 Å². The summed E-state index contributed by atoms with van der Waals surface area (Å²) in [5.41, 5.74) is 0.647. The zero-order chi connectivity index (χ0) is 14.8. The van der Waals surface area contributed by atoms with Gasteiger partial charge in [-0.3, -0.25) is 0 Å². The Hall–Kier alpha value is -1.59. The molecule has 5 heteroatoms. The van der Waals surface area contributed by atoms with Gasteiger partial charge in [-0.2, -0.15) is 0 Å². The Morgan fingerprint density at radius 2 is 1.90 bits per heavy atom. The number of ether oxygens (including phenoxy) is 1. The fourth-order valence-electron chi connectivity index (χ4n) is 2.27. The molecule has 0 spiro atoms. The van der Waals surface area contributed by atoms with Gasteiger partial charge in [-0.15, -0.1) is 0 Å². The van der Waals surface area contributed by atoms with Gasteiger partial charge in [0.25, 0.3) is 0 Å². The quantitative estimate of drug-likeness (QED) is 0.919. The van der Waals surface area contributed by atoms with Crippen molar-refractivity contribution in [3.8, 4) is 5.75 Å². The molecule has 0 heterocycles. The molecule has 2 rings (SSSR count). The van der Waals surface area contributed by atoms with Crippen molar-refractivity contribution in [1.82, 2.24) is 0 Å². The van der Waals surface area contributed by atoms with Gasteiger partial charge >= 0.3 is 0 Å². The third-order valence-corrected chi connectivity index (χ3v) is 4.22. The highest BCUT2D eigenvalue weighted by molar-refractivity contribution is 7.90. The first-order valence-corrected chi connectivity index (χ1v) is 8.40. The molecule has 1 unspecified atom stereocenters. The average Bonchev–Trinajstić information content (AvgIpc) is 2.42. The van der Waals surface area contributed by atoms with Crippen LogP contribution >= 0.6 is 0 Å². The third kappa shape index (κ3) is 3.29. The molecule has 0 bridgehead atoms. The molecule has 20 heavy (non-hydrogen) atoms. The lowest BCUT2D eigenvalue weighted by Crippen LogP contribution is -2.09. The molecule has 0 saturated heterocycles. The summed E-state index contributed by atoms with van der Waals surface area (Å²) in [6.07, 6.45) is 0.453. The van der Waals surface area contributed by atoms with Gasteiger partial charge in [-0.05, 0) is 23.3 Å². The van der Waals surface area contributed by atoms with E-state index in [4.69, 9.17) is 4.74 Å². The van der Waals surface area contributed by atoms with Crippen LogP contribution in [0.15, 0.2) is 36.4 Å². The summed E-state index contributed by atoms with van der Waals surface area (Å²) in [6.45, 7) is 0. The summed E-state index contributed by atoms with van der Waals surface area (Å²) < 4.78 is 27.8. The minimum atomic E-state index is -3.10. The van der Waals surface area contributed by atoms with Crippen LogP contribution in [0, 0.1) is 0 Å². The van der Waals surface area contributed by atoms with Gasteiger partial charge in [-0.25, -0.2) is 8.42 Å². The fourth-order valence-corrected chi connectivity index (χ4v) is 2.92. The van der Waals surface area contributed by atoms with Crippen LogP contribution < -0.4 is 4.74 Å². The van der Waals surface area contributed by atoms with E-state index in [1.807, 2.05) is 30.3 Å². The molecule has 0 aliphatic carbocycles. The van der Waals surface area contributed by atoms with Crippen molar-refractivity contribution in [3.63, 3.8) is 0 Å². The number of aliphatic hydroxyl groups is 1. The van der Waals surface area contributed by atoms with Crippen molar-refractivity contribution in [2.45, 2.75) is 12.5 Å². The van der Waals surface area contributed by atoms with Crippen LogP contribution in [0.25, 0.3) is 10.8 Å². The maximum atomic E-state index is 11.2. The third-order valence-electron chi connectivity index (χ3n) is 3.25. The van der Waals surface area contributed by atoms with E-state index < -0.39 is 15.9 Å². The van der Waals surface area contributed by atoms with E-state index in [-0.39, 0.29) is 12.2 Å². The molecule has 0 saturated carbocycles. The molecule has 4 nitrogen and oxygen atoms in total. The first-order chi connectivity index (χ1) is 9.42. The summed E-state index contributed by atoms with van der Waals surface area (Å²) >= 11 is 0. The van der Waals surface area contributed by atoms with Crippen LogP contribution in [0.4, 0.5) is 0 Å². The zero-order valence-electron chi connectivity index (χ0n) is 11.5. The lowest BCUT2D eigenvalue weighted by Gasteiger charge is -2.17. The Balaban J connectivity index is 2.45. The number of methoxy groups -OCH3 is 1. The van der Waals surface area contributed by atoms with Gasteiger partial charge in [0.1, 0.15) is 15.6 Å². The highest BCUT2D eigenvalue weighted by Gasteiger charge is 2.18. The van der Waals surface area contributed by atoms with Gasteiger partial charge in [-0.1, -0.05) is 30.3 Å². The maximum Gasteiger partial charge on any atom is 0.147 e. The molecule has 0 aliphatic rings. The van der Waals surface area contributed by atoms with Gasteiger partial charge in [0.15, 0.2) is 0 Å². The normalized spacial score (nSPS) is 13.3. The highest BCUT2D eigenvalue weighted by atomic mass is 32.2. The van der Waals surface area contributed by atoms with Crippen molar-refractivity contribution in [2.24, 2.45) is 0 Å². The lowest BCUT2D eigenvalue weighted by molar-refractivity contribution is 0.171. The molecule has 0 aromatic heterocycles. The van der Waals surface area contributed by atoms with Crippen LogP contribution in [0.5, 0.6) is 5.75 Å². The molecule has 1 atom stereocenters. The minimum Gasteiger partial charge on any atom is -0.496 e. The molecular weight excluding hydrogens is 276 g/mol. The number of aliphatic hydroxyl groups excluding tert-OH is 1. The molecule has 0 fully saturated rings. The Morgan fingerprint density at radius 1 is 1.20 bits per heavy atom. The Morgan fingerprint density at radius 3 is 2.55 bits per heavy atom. The van der Waals surface area contributed by atoms with Crippen LogP contribution in [-0.4, -0.2) is 32.6 Å². The summed E-state index contributed by atoms with van der Waals surface area (Å²) in [5, 5.41) is 12.2. The predicted octanol–water partition coefficient (Wildman–Crippen LogP) is 2.32. The predicted molar refractivity (Wildman–Crippen MR) is 79.8 cm³/mol. The van der Waals surface area contributed by atoms with Crippen molar-refractivity contribution in [1.29, 1.82) is 0 Å². The van der Waals surface area contributed by atoms with Gasteiger partial charge < -0.3 is 9.84 Å². The minimum absolute atomic E-state index is 0.0550. The second kappa shape index (κ2) is 5.81. The molecule has 0 amide bonds. The highest BCUT2D eigenvalue weighted by Crippen LogP contribution is 2.34. The van der Waals surface area contributed by atoms with Crippen LogP contribution in [0.1, 0.15) is 18.1 Å². The van der Waals surface area contributed by atoms with Crippen molar-refractivity contribution >= 4 is 20.6 Å². The Kier molecular flexibility index (Phi) is 4.30. The van der Waals surface area contributed by atoms with E-state index in [9.17, 15) is 13.5 Å². The molecule has 1 N–H and O–H groups in total. The summed E-state index contributed by atoms with van der Waals surface area (Å²) in [4.78, 5) is 0. The van der Waals surface area contributed by atoms with Gasteiger partial charge in [0, 0.05) is 11.8 Å². The largest absolute Gasteiger partial charge is 0.496 e. The number of hydrogen-bond acceptors (Lipinski definition) is 4. The fraction of sp³-hybridized carbons (Fsp3) is 0.333. The monoisotopic (exact) mass is 294 g/mol. The standard InChI is InChI=1S/C15H18O4S/c1-19-14-8-7-11-5-3-4-6-12(11)15(14)13(16)9-10-20(2,17)18/h3-8,13,16H,9-10H2,1-2H3. The summed E-state index contributed by atoms with van der Waals surface area (Å²) in [6, 6.07) is 11.4. The molecular formula is C15H18O4S. The van der Waals surface area contributed by atoms with Crippen LogP contribution in [0.3, 0.4) is 0 Å². The number of hydrogen-bond donors (Lipinski definition) is 1. The second-order valence-corrected chi connectivity index (χ2v) is 7.10. The van der Waals surface area contributed by atoms with Gasteiger partial charge in [0.2, 0.25) is 0 Å². The number of rotatable bonds is 5. The van der Waals surface area contributed by atoms with Crippen molar-refractivity contribution in [3.05, 3.63) is 42.0 Å². The smallest absolute Gasteiger partial charge is 0.147 e. The van der Waals surface area contributed by atoms with Gasteiger partial charge in [0.05, 0.1) is 19.0 Å². The molecule has 0 radical (unpaired) electrons. The first-order valence-electron chi connectivity index (χ1n) is 6.34. The number of sulfone groups is 1. The van der Waals surface area contributed by atoms with Crippen molar-refractivity contribution in [2.75, 3.05) is 19.1 Å². The first kappa shape index (κ1) is 14.8. The molecule has 2 aromatic rings. The lowest BCUT2D eigenvalue weighted by atomic mass is 9.98. The van der Waals surface area contributed by atoms with E-state index in [1.54, 1.807) is 6.07 Å². The number of fused-ring (bicyclic) bond motifs is 1. The van der Waals surface area contributed by atoms with E-state index in [2.05, 4.69) is 0 Å². The van der Waals surface area contributed by atoms with E-state index in [1.165, 1.54) is 13.4 Å². The van der Waals surface area contributed by atoms with E-state index >= 15 is 0 Å². The van der Waals surface area contributed by atoms with E-state index in [0.717, 1.165) is 10.8 Å². The van der Waals surface area contributed by atoms with Crippen LogP contribution in [0.2, 0.25) is 0 Å². The molecule has 108 valence electrons. The van der Waals surface area contributed by atoms with E-state index in [0.29, 0.717) is 11.3 Å². The Labute approximate surface area is 118 Å². The average molecular weight is 294 g/mol. The maximum absolute atomic E-state index is 11.2. The Bertz CT molecular complexity index is 707. The van der Waals surface area contributed by atoms with Crippen LogP contribution in [-0.2, 0) is 9.84 Å². The second-order valence-electron chi connectivity index (χ2n) is 4.84. The summed E-state index contributed by atoms with van der Waals surface area (Å²) in [5.74, 6) is 0.519. The number of benzene rings is 2. The SMILES string of the molecule is COc1ccc2ccccc2c1C(O)CCS(C)(=O)=O. The topological polar surface area (TPSA) is 63.6 Å². The summed E-state index contributed by atoms with van der Waals surface area (Å²) in [7, 11) is -1.56. The molecule has 0 aliphatic heterocycles. The zero-order valence-corrected chi connectivity index (χ0v) is 12.4.